The molecule has 0 fully saturated rings. The molecule has 0 amide bonds. The summed E-state index contributed by atoms with van der Waals surface area (Å²) in [6, 6.07) is 1.57. The highest BCUT2D eigenvalue weighted by Gasteiger charge is 2.20. The van der Waals surface area contributed by atoms with E-state index in [1.165, 1.54) is 11.3 Å². The first kappa shape index (κ1) is 10.2. The maximum atomic E-state index is 10.7. The van der Waals surface area contributed by atoms with Crippen molar-refractivity contribution in [2.75, 3.05) is 0 Å². The van der Waals surface area contributed by atoms with Crippen molar-refractivity contribution in [3.8, 4) is 0 Å². The molecule has 2 atom stereocenters. The second-order valence-electron chi connectivity index (χ2n) is 3.03. The van der Waals surface area contributed by atoms with Gasteiger partial charge in [0.15, 0.2) is 0 Å². The molecule has 3 nitrogen and oxygen atoms in total. The van der Waals surface area contributed by atoms with Gasteiger partial charge in [-0.2, -0.15) is 0 Å². The summed E-state index contributed by atoms with van der Waals surface area (Å²) in [6.45, 7) is 3.49. The van der Waals surface area contributed by atoms with E-state index in [0.29, 0.717) is 5.56 Å². The van der Waals surface area contributed by atoms with Gasteiger partial charge in [-0.25, -0.2) is 4.79 Å². The van der Waals surface area contributed by atoms with Crippen molar-refractivity contribution in [3.63, 3.8) is 0 Å². The van der Waals surface area contributed by atoms with Crippen LogP contribution in [-0.2, 0) is 0 Å². The molecule has 0 bridgehead atoms. The van der Waals surface area contributed by atoms with Crippen LogP contribution in [0.2, 0.25) is 0 Å². The number of hydrogen-bond donors (Lipinski definition) is 2. The van der Waals surface area contributed by atoms with Crippen molar-refractivity contribution in [1.82, 2.24) is 0 Å². The van der Waals surface area contributed by atoms with Gasteiger partial charge in [-0.3, -0.25) is 0 Å². The highest BCUT2D eigenvalue weighted by molar-refractivity contribution is 7.10. The van der Waals surface area contributed by atoms with Gasteiger partial charge in [0.2, 0.25) is 0 Å². The van der Waals surface area contributed by atoms with E-state index in [0.717, 1.165) is 4.88 Å². The lowest BCUT2D eigenvalue weighted by Crippen LogP contribution is -2.12. The summed E-state index contributed by atoms with van der Waals surface area (Å²) >= 11 is 1.37. The molecule has 0 aromatic carbocycles. The number of aliphatic hydroxyl groups excluding tert-OH is 1. The molecule has 72 valence electrons. The molecule has 1 aromatic rings. The molecule has 0 aliphatic carbocycles. The third kappa shape index (κ3) is 2.08. The summed E-state index contributed by atoms with van der Waals surface area (Å²) < 4.78 is 0. The minimum atomic E-state index is -0.927. The second kappa shape index (κ2) is 3.89. The summed E-state index contributed by atoms with van der Waals surface area (Å²) in [6.07, 6.45) is -0.517. The van der Waals surface area contributed by atoms with Gasteiger partial charge < -0.3 is 10.2 Å². The normalized spacial score (nSPS) is 15.3. The third-order valence-electron chi connectivity index (χ3n) is 2.06. The maximum Gasteiger partial charge on any atom is 0.336 e. The van der Waals surface area contributed by atoms with Crippen LogP contribution in [0.25, 0.3) is 0 Å². The van der Waals surface area contributed by atoms with Crippen LogP contribution < -0.4 is 0 Å². The Bertz CT molecular complexity index is 304. The quantitative estimate of drug-likeness (QED) is 0.783. The zero-order valence-electron chi connectivity index (χ0n) is 7.52. The van der Waals surface area contributed by atoms with Gasteiger partial charge in [-0.15, -0.1) is 11.3 Å². The maximum absolute atomic E-state index is 10.7. The van der Waals surface area contributed by atoms with Crippen LogP contribution in [-0.4, -0.2) is 22.3 Å². The first-order valence-electron chi connectivity index (χ1n) is 4.02. The fraction of sp³-hybridized carbons (Fsp3) is 0.444. The average molecular weight is 200 g/mol. The number of carboxylic acid groups (broad SMARTS) is 1. The number of aliphatic hydroxyl groups is 1. The Morgan fingerprint density at radius 1 is 1.54 bits per heavy atom. The summed E-state index contributed by atoms with van der Waals surface area (Å²) in [5, 5.41) is 19.9. The van der Waals surface area contributed by atoms with E-state index in [-0.39, 0.29) is 5.92 Å². The van der Waals surface area contributed by atoms with E-state index >= 15 is 0 Å². The molecule has 0 aliphatic heterocycles. The number of hydrogen-bond acceptors (Lipinski definition) is 3. The highest BCUT2D eigenvalue weighted by Crippen LogP contribution is 2.28. The number of thiophene rings is 1. The summed E-state index contributed by atoms with van der Waals surface area (Å²) in [5.41, 5.74) is 0.304. The largest absolute Gasteiger partial charge is 0.478 e. The molecule has 1 aromatic heterocycles. The van der Waals surface area contributed by atoms with Gasteiger partial charge in [-0.05, 0) is 18.4 Å². The molecule has 0 radical (unpaired) electrons. The van der Waals surface area contributed by atoms with Gasteiger partial charge in [0, 0.05) is 10.8 Å². The lowest BCUT2D eigenvalue weighted by Gasteiger charge is -2.13. The highest BCUT2D eigenvalue weighted by atomic mass is 32.1. The molecule has 0 saturated heterocycles. The molecule has 0 aliphatic rings. The molecular weight excluding hydrogens is 188 g/mol. The Kier molecular flexibility index (Phi) is 3.06. The summed E-state index contributed by atoms with van der Waals surface area (Å²) in [7, 11) is 0. The van der Waals surface area contributed by atoms with E-state index in [1.54, 1.807) is 18.4 Å². The van der Waals surface area contributed by atoms with Crippen LogP contribution in [0.4, 0.5) is 0 Å². The van der Waals surface area contributed by atoms with E-state index in [2.05, 4.69) is 0 Å². The van der Waals surface area contributed by atoms with Crippen molar-refractivity contribution in [1.29, 1.82) is 0 Å². The summed E-state index contributed by atoms with van der Waals surface area (Å²) in [4.78, 5) is 11.5. The van der Waals surface area contributed by atoms with E-state index < -0.39 is 12.1 Å². The average Bonchev–Trinajstić information content (AvgIpc) is 2.50. The number of carboxylic acids is 1. The lowest BCUT2D eigenvalue weighted by molar-refractivity contribution is 0.0695. The minimum Gasteiger partial charge on any atom is -0.478 e. The Morgan fingerprint density at radius 3 is 2.62 bits per heavy atom. The molecule has 1 heterocycles. The Balaban J connectivity index is 3.00. The van der Waals surface area contributed by atoms with Crippen molar-refractivity contribution >= 4 is 17.3 Å². The molecule has 4 heteroatoms. The van der Waals surface area contributed by atoms with Gasteiger partial charge >= 0.3 is 5.97 Å². The van der Waals surface area contributed by atoms with Crippen LogP contribution in [0, 0.1) is 0 Å². The van der Waals surface area contributed by atoms with Crippen LogP contribution in [0.3, 0.4) is 0 Å². The fourth-order valence-corrected chi connectivity index (χ4v) is 2.11. The summed E-state index contributed by atoms with van der Waals surface area (Å²) in [5.74, 6) is -1.05. The molecular formula is C9H12O3S. The lowest BCUT2D eigenvalue weighted by atomic mass is 10.0. The van der Waals surface area contributed by atoms with Crippen LogP contribution in [0.5, 0.6) is 0 Å². The topological polar surface area (TPSA) is 57.5 Å². The van der Waals surface area contributed by atoms with Gasteiger partial charge in [-0.1, -0.05) is 6.92 Å². The monoisotopic (exact) mass is 200 g/mol. The molecule has 2 unspecified atom stereocenters. The van der Waals surface area contributed by atoms with Crippen molar-refractivity contribution in [2.45, 2.75) is 25.9 Å². The van der Waals surface area contributed by atoms with Crippen LogP contribution in [0.1, 0.15) is 35.0 Å². The zero-order valence-corrected chi connectivity index (χ0v) is 8.34. The van der Waals surface area contributed by atoms with E-state index in [4.69, 9.17) is 5.11 Å². The SMILES string of the molecule is CC(O)C(C)c1sccc1C(=O)O. The predicted molar refractivity (Wildman–Crippen MR) is 51.4 cm³/mol. The Hall–Kier alpha value is -0.870. The van der Waals surface area contributed by atoms with Crippen molar-refractivity contribution in [3.05, 3.63) is 21.9 Å². The fourth-order valence-electron chi connectivity index (χ4n) is 1.07. The molecule has 0 spiro atoms. The van der Waals surface area contributed by atoms with Crippen LogP contribution >= 0.6 is 11.3 Å². The Morgan fingerprint density at radius 2 is 2.15 bits per heavy atom. The molecule has 13 heavy (non-hydrogen) atoms. The van der Waals surface area contributed by atoms with Gasteiger partial charge in [0.1, 0.15) is 0 Å². The first-order chi connectivity index (χ1) is 6.04. The number of aromatic carboxylic acids is 1. The number of rotatable bonds is 3. The number of carbonyl (C=O) groups is 1. The second-order valence-corrected chi connectivity index (χ2v) is 3.98. The third-order valence-corrected chi connectivity index (χ3v) is 3.18. The standard InChI is InChI=1S/C9H12O3S/c1-5(6(2)10)8-7(9(11)12)3-4-13-8/h3-6,10H,1-2H3,(H,11,12). The first-order valence-corrected chi connectivity index (χ1v) is 4.90. The smallest absolute Gasteiger partial charge is 0.336 e. The van der Waals surface area contributed by atoms with Crippen molar-refractivity contribution < 1.29 is 15.0 Å². The predicted octanol–water partition coefficient (Wildman–Crippen LogP) is 1.93. The molecule has 0 saturated carbocycles. The van der Waals surface area contributed by atoms with E-state index in [1.807, 2.05) is 6.92 Å². The molecule has 2 N–H and O–H groups in total. The zero-order chi connectivity index (χ0) is 10.0. The van der Waals surface area contributed by atoms with Gasteiger partial charge in [0.25, 0.3) is 0 Å². The van der Waals surface area contributed by atoms with E-state index in [9.17, 15) is 9.90 Å². The van der Waals surface area contributed by atoms with Crippen molar-refractivity contribution in [2.24, 2.45) is 0 Å². The Labute approximate surface area is 80.6 Å². The molecule has 1 rings (SSSR count). The van der Waals surface area contributed by atoms with Gasteiger partial charge in [0.05, 0.1) is 11.7 Å². The van der Waals surface area contributed by atoms with Crippen LogP contribution in [0.15, 0.2) is 11.4 Å². The minimum absolute atomic E-state index is 0.119.